The van der Waals surface area contributed by atoms with Gasteiger partial charge in [0.2, 0.25) is 18.3 Å². The number of carboxylic acids is 2. The predicted octanol–water partition coefficient (Wildman–Crippen LogP) is 3.29. The summed E-state index contributed by atoms with van der Waals surface area (Å²) in [7, 11) is 0. The van der Waals surface area contributed by atoms with Crippen LogP contribution in [0.15, 0.2) is 78.9 Å². The van der Waals surface area contributed by atoms with Crippen LogP contribution in [-0.2, 0) is 41.5 Å². The lowest BCUT2D eigenvalue weighted by Gasteiger charge is -2.33. The smallest absolute Gasteiger partial charge is 0.352 e. The molecule has 4 aromatic carbocycles. The van der Waals surface area contributed by atoms with E-state index in [9.17, 15) is 60.0 Å². The Labute approximate surface area is 293 Å². The molecule has 0 radical (unpaired) electrons. The standard InChI is InChI=1S/C36H30O16/c37-21-6-1-18(11-24(21)40)14-29(34(44)45)49-31(43)10-4-17-3-9-27-28(13-17)51-33(32(50-27)20-5-8-23(39)26(42)16-20)36(48)52-30(35(46)47)15-19-2-7-22(38)25(41)12-19/h1-13,16,29-30,32-33,37-42H,14-15H2,(H,44,45)(H,46,47)/t29-,30+,32+,33+/m1/s1. The number of benzene rings is 4. The van der Waals surface area contributed by atoms with Crippen molar-refractivity contribution in [2.24, 2.45) is 0 Å². The van der Waals surface area contributed by atoms with Crippen molar-refractivity contribution in [1.82, 2.24) is 0 Å². The minimum absolute atomic E-state index is 0.0531. The summed E-state index contributed by atoms with van der Waals surface area (Å²) in [5, 5.41) is 77.8. The van der Waals surface area contributed by atoms with E-state index >= 15 is 0 Å². The van der Waals surface area contributed by atoms with Crippen LogP contribution in [0, 0.1) is 0 Å². The van der Waals surface area contributed by atoms with E-state index in [2.05, 4.69) is 0 Å². The van der Waals surface area contributed by atoms with Gasteiger partial charge in [-0.2, -0.15) is 0 Å². The van der Waals surface area contributed by atoms with Crippen LogP contribution in [0.5, 0.6) is 46.0 Å². The van der Waals surface area contributed by atoms with E-state index in [0.717, 1.165) is 42.5 Å². The second-order valence-corrected chi connectivity index (χ2v) is 11.4. The summed E-state index contributed by atoms with van der Waals surface area (Å²) < 4.78 is 22.4. The van der Waals surface area contributed by atoms with Gasteiger partial charge >= 0.3 is 23.9 Å². The molecule has 0 bridgehead atoms. The quantitative estimate of drug-likeness (QED) is 0.0593. The highest BCUT2D eigenvalue weighted by Gasteiger charge is 2.41. The maximum atomic E-state index is 13.6. The van der Waals surface area contributed by atoms with Gasteiger partial charge in [-0.15, -0.1) is 0 Å². The SMILES string of the molecule is O=C(C=Cc1ccc2c(c1)O[C@H](C(=O)O[C@@H](Cc1ccc(O)c(O)c1)C(=O)O)[C@H](c1ccc(O)c(O)c1)O2)O[C@H](Cc1ccc(O)c(O)c1)C(=O)O. The van der Waals surface area contributed by atoms with Gasteiger partial charge in [-0.25, -0.2) is 19.2 Å². The van der Waals surface area contributed by atoms with E-state index in [-0.39, 0.29) is 40.2 Å². The van der Waals surface area contributed by atoms with Gasteiger partial charge in [0.15, 0.2) is 52.1 Å². The van der Waals surface area contributed by atoms with E-state index in [4.69, 9.17) is 18.9 Å². The fourth-order valence-electron chi connectivity index (χ4n) is 5.08. The molecular formula is C36H30O16. The first-order chi connectivity index (χ1) is 24.7. The van der Waals surface area contributed by atoms with E-state index in [1.165, 1.54) is 42.5 Å². The Kier molecular flexibility index (Phi) is 10.6. The van der Waals surface area contributed by atoms with E-state index in [1.807, 2.05) is 0 Å². The minimum atomic E-state index is -1.79. The maximum absolute atomic E-state index is 13.6. The monoisotopic (exact) mass is 718 g/mol. The summed E-state index contributed by atoms with van der Waals surface area (Å²) in [6.45, 7) is 0. The number of ether oxygens (including phenoxy) is 4. The average Bonchev–Trinajstić information content (AvgIpc) is 3.10. The van der Waals surface area contributed by atoms with Gasteiger partial charge in [0, 0.05) is 24.5 Å². The number of carboxylic acid groups (broad SMARTS) is 2. The van der Waals surface area contributed by atoms with Crippen LogP contribution in [0.3, 0.4) is 0 Å². The molecule has 0 fully saturated rings. The highest BCUT2D eigenvalue weighted by Crippen LogP contribution is 2.42. The third-order valence-electron chi connectivity index (χ3n) is 7.71. The molecule has 0 aliphatic carbocycles. The lowest BCUT2D eigenvalue weighted by molar-refractivity contribution is -0.173. The van der Waals surface area contributed by atoms with Crippen molar-refractivity contribution >= 4 is 30.0 Å². The first-order valence-corrected chi connectivity index (χ1v) is 15.2. The van der Waals surface area contributed by atoms with Crippen molar-refractivity contribution in [3.8, 4) is 46.0 Å². The van der Waals surface area contributed by atoms with Crippen molar-refractivity contribution < 1.29 is 79.0 Å². The second kappa shape index (κ2) is 15.2. The van der Waals surface area contributed by atoms with Crippen molar-refractivity contribution in [3.05, 3.63) is 101 Å². The molecule has 4 atom stereocenters. The van der Waals surface area contributed by atoms with Crippen LogP contribution in [0.2, 0.25) is 0 Å². The number of rotatable bonds is 12. The molecule has 1 heterocycles. The molecule has 16 heteroatoms. The lowest BCUT2D eigenvalue weighted by Crippen LogP contribution is -2.43. The van der Waals surface area contributed by atoms with Crippen molar-refractivity contribution in [2.75, 3.05) is 0 Å². The third kappa shape index (κ3) is 8.54. The molecule has 52 heavy (non-hydrogen) atoms. The van der Waals surface area contributed by atoms with Crippen LogP contribution in [0.1, 0.15) is 28.4 Å². The predicted molar refractivity (Wildman–Crippen MR) is 175 cm³/mol. The molecular weight excluding hydrogens is 688 g/mol. The molecule has 1 aliphatic heterocycles. The van der Waals surface area contributed by atoms with Crippen LogP contribution in [0.25, 0.3) is 6.08 Å². The molecule has 0 unspecified atom stereocenters. The van der Waals surface area contributed by atoms with Crippen LogP contribution in [-0.4, -0.2) is 83.0 Å². The molecule has 270 valence electrons. The third-order valence-corrected chi connectivity index (χ3v) is 7.71. The Morgan fingerprint density at radius 1 is 0.615 bits per heavy atom. The summed E-state index contributed by atoms with van der Waals surface area (Å²) in [6, 6.07) is 15.0. The van der Waals surface area contributed by atoms with Crippen molar-refractivity contribution in [3.63, 3.8) is 0 Å². The lowest BCUT2D eigenvalue weighted by atomic mass is 10.0. The Balaban J connectivity index is 1.36. The highest BCUT2D eigenvalue weighted by molar-refractivity contribution is 5.89. The molecule has 0 spiro atoms. The number of carbonyl (C=O) groups excluding carboxylic acids is 2. The van der Waals surface area contributed by atoms with Gasteiger partial charge in [0.1, 0.15) is 0 Å². The fourth-order valence-corrected chi connectivity index (χ4v) is 5.08. The maximum Gasteiger partial charge on any atom is 0.352 e. The number of hydrogen-bond donors (Lipinski definition) is 8. The van der Waals surface area contributed by atoms with Gasteiger partial charge in [0.25, 0.3) is 0 Å². The van der Waals surface area contributed by atoms with E-state index < -0.39 is 89.2 Å². The Bertz CT molecular complexity index is 2050. The van der Waals surface area contributed by atoms with Crippen molar-refractivity contribution in [2.45, 2.75) is 37.3 Å². The molecule has 1 aliphatic rings. The summed E-state index contributed by atoms with van der Waals surface area (Å²) in [4.78, 5) is 49.9. The Morgan fingerprint density at radius 2 is 1.15 bits per heavy atom. The number of hydrogen-bond acceptors (Lipinski definition) is 14. The number of esters is 2. The number of aromatic hydroxyl groups is 6. The number of carbonyl (C=O) groups is 4. The Hall–Kier alpha value is -7.10. The zero-order valence-electron chi connectivity index (χ0n) is 26.7. The summed E-state index contributed by atoms with van der Waals surface area (Å²) >= 11 is 0. The zero-order valence-corrected chi connectivity index (χ0v) is 26.7. The van der Waals surface area contributed by atoms with Crippen molar-refractivity contribution in [1.29, 1.82) is 0 Å². The van der Waals surface area contributed by atoms with E-state index in [0.29, 0.717) is 0 Å². The molecule has 5 rings (SSSR count). The molecule has 16 nitrogen and oxygen atoms in total. The Morgan fingerprint density at radius 3 is 1.69 bits per heavy atom. The van der Waals surface area contributed by atoms with Crippen LogP contribution >= 0.6 is 0 Å². The number of phenols is 6. The van der Waals surface area contributed by atoms with Gasteiger partial charge in [-0.1, -0.05) is 24.3 Å². The highest BCUT2D eigenvalue weighted by atomic mass is 16.6. The second-order valence-electron chi connectivity index (χ2n) is 11.4. The van der Waals surface area contributed by atoms with Gasteiger partial charge in [-0.05, 0) is 71.3 Å². The summed E-state index contributed by atoms with van der Waals surface area (Å²) in [6.07, 6.45) is -4.99. The summed E-state index contributed by atoms with van der Waals surface area (Å²) in [5.74, 6) is -8.08. The topological polar surface area (TPSA) is 267 Å². The molecule has 0 aromatic heterocycles. The summed E-state index contributed by atoms with van der Waals surface area (Å²) in [5.41, 5.74) is 0.916. The van der Waals surface area contributed by atoms with Crippen LogP contribution in [0.4, 0.5) is 0 Å². The molecule has 8 N–H and O–H groups in total. The largest absolute Gasteiger partial charge is 0.504 e. The van der Waals surface area contributed by atoms with E-state index in [1.54, 1.807) is 0 Å². The van der Waals surface area contributed by atoms with Gasteiger partial charge < -0.3 is 59.8 Å². The number of fused-ring (bicyclic) bond motifs is 1. The number of phenolic OH excluding ortho intramolecular Hbond substituents is 6. The van der Waals surface area contributed by atoms with Crippen LogP contribution < -0.4 is 9.47 Å². The van der Waals surface area contributed by atoms with Gasteiger partial charge in [0.05, 0.1) is 0 Å². The first-order valence-electron chi connectivity index (χ1n) is 15.2. The average molecular weight is 719 g/mol. The molecule has 0 saturated heterocycles. The minimum Gasteiger partial charge on any atom is -0.504 e. The molecule has 4 aromatic rings. The van der Waals surface area contributed by atoms with Gasteiger partial charge in [-0.3, -0.25) is 0 Å². The number of aliphatic carboxylic acids is 2. The molecule has 0 amide bonds. The fraction of sp³-hybridized carbons (Fsp3) is 0.167. The normalized spacial score (nSPS) is 16.1. The first kappa shape index (κ1) is 36.2. The zero-order chi connectivity index (χ0) is 37.7. The molecule has 0 saturated carbocycles.